The van der Waals surface area contributed by atoms with Gasteiger partial charge < -0.3 is 8.83 Å². The van der Waals surface area contributed by atoms with Crippen molar-refractivity contribution in [2.75, 3.05) is 0 Å². The van der Waals surface area contributed by atoms with E-state index < -0.39 is 0 Å². The zero-order chi connectivity index (χ0) is 18.3. The van der Waals surface area contributed by atoms with Crippen molar-refractivity contribution in [1.29, 1.82) is 0 Å². The van der Waals surface area contributed by atoms with E-state index in [1.54, 1.807) is 0 Å². The van der Waals surface area contributed by atoms with Gasteiger partial charge >= 0.3 is 0 Å². The molecule has 2 aromatic rings. The Balaban J connectivity index is 2.15. The van der Waals surface area contributed by atoms with Crippen molar-refractivity contribution in [3.63, 3.8) is 0 Å². The number of hydrogen-bond donors (Lipinski definition) is 0. The smallest absolute Gasteiger partial charge is 0.134 e. The van der Waals surface area contributed by atoms with Gasteiger partial charge in [0.25, 0.3) is 0 Å². The molecule has 3 heteroatoms. The fraction of sp³-hybridized carbons (Fsp3) is 0.571. The molecule has 0 unspecified atom stereocenters. The van der Waals surface area contributed by atoms with Crippen molar-refractivity contribution in [3.8, 4) is 0 Å². The first-order valence-corrected chi connectivity index (χ1v) is 8.59. The predicted octanol–water partition coefficient (Wildman–Crippen LogP) is 5.71. The van der Waals surface area contributed by atoms with Gasteiger partial charge in [-0.05, 0) is 51.0 Å². The van der Waals surface area contributed by atoms with Crippen molar-refractivity contribution in [2.45, 2.75) is 79.1 Å². The molecule has 0 saturated heterocycles. The molecular formula is C21H30O3. The third kappa shape index (κ3) is 3.82. The molecule has 0 aliphatic rings. The lowest BCUT2D eigenvalue weighted by Gasteiger charge is -2.26. The van der Waals surface area contributed by atoms with Crippen LogP contribution in [0, 0.1) is 27.7 Å². The average molecular weight is 330 g/mol. The summed E-state index contributed by atoms with van der Waals surface area (Å²) in [4.78, 5) is 12.8. The number of carbonyl (C=O) groups is 1. The maximum Gasteiger partial charge on any atom is 0.134 e. The highest BCUT2D eigenvalue weighted by atomic mass is 16.3. The summed E-state index contributed by atoms with van der Waals surface area (Å²) in [5, 5.41) is 0. The van der Waals surface area contributed by atoms with Crippen molar-refractivity contribution in [2.24, 2.45) is 0 Å². The van der Waals surface area contributed by atoms with E-state index in [0.29, 0.717) is 12.8 Å². The number of aryl methyl sites for hydroxylation is 4. The minimum atomic E-state index is -0.306. The lowest BCUT2D eigenvalue weighted by molar-refractivity contribution is -0.121. The van der Waals surface area contributed by atoms with Gasteiger partial charge in [-0.15, -0.1) is 0 Å². The molecule has 0 amide bonds. The summed E-state index contributed by atoms with van der Waals surface area (Å²) >= 11 is 0. The largest absolute Gasteiger partial charge is 0.466 e. The van der Waals surface area contributed by atoms with Gasteiger partial charge in [0.05, 0.1) is 0 Å². The van der Waals surface area contributed by atoms with Crippen molar-refractivity contribution >= 4 is 5.78 Å². The highest BCUT2D eigenvalue weighted by molar-refractivity contribution is 5.81. The molecule has 2 heterocycles. The minimum absolute atomic E-state index is 0.229. The topological polar surface area (TPSA) is 43.4 Å². The van der Waals surface area contributed by atoms with Crippen LogP contribution in [0.2, 0.25) is 0 Å². The summed E-state index contributed by atoms with van der Waals surface area (Å²) < 4.78 is 11.7. The molecule has 0 aromatic carbocycles. The summed E-state index contributed by atoms with van der Waals surface area (Å²) in [7, 11) is 0. The van der Waals surface area contributed by atoms with Crippen LogP contribution in [0.25, 0.3) is 0 Å². The van der Waals surface area contributed by atoms with Crippen LogP contribution in [0.5, 0.6) is 0 Å². The Hall–Kier alpha value is -1.77. The van der Waals surface area contributed by atoms with Crippen LogP contribution in [0.4, 0.5) is 0 Å². The zero-order valence-electron chi connectivity index (χ0n) is 16.3. The first-order chi connectivity index (χ1) is 10.9. The van der Waals surface area contributed by atoms with Crippen LogP contribution in [0.15, 0.2) is 21.0 Å². The molecule has 132 valence electrons. The first-order valence-electron chi connectivity index (χ1n) is 8.59. The summed E-state index contributed by atoms with van der Waals surface area (Å²) in [5.74, 6) is 3.84. The van der Waals surface area contributed by atoms with E-state index in [-0.39, 0.29) is 16.6 Å². The third-order valence-corrected chi connectivity index (χ3v) is 4.59. The summed E-state index contributed by atoms with van der Waals surface area (Å²) in [6, 6.07) is 4.06. The number of hydrogen-bond acceptors (Lipinski definition) is 3. The number of rotatable bonds is 6. The molecule has 3 nitrogen and oxygen atoms in total. The van der Waals surface area contributed by atoms with Gasteiger partial charge in [-0.25, -0.2) is 0 Å². The molecule has 0 bridgehead atoms. The van der Waals surface area contributed by atoms with Crippen LogP contribution in [0.3, 0.4) is 0 Å². The number of carbonyl (C=O) groups excluding carboxylic acids is 1. The molecule has 0 aliphatic heterocycles. The fourth-order valence-corrected chi connectivity index (χ4v) is 3.84. The van der Waals surface area contributed by atoms with Gasteiger partial charge in [0.2, 0.25) is 0 Å². The van der Waals surface area contributed by atoms with Crippen LogP contribution < -0.4 is 0 Å². The van der Waals surface area contributed by atoms with Crippen LogP contribution in [0.1, 0.15) is 74.7 Å². The lowest BCUT2D eigenvalue weighted by Crippen LogP contribution is -2.28. The number of furan rings is 2. The Bertz CT molecular complexity index is 679. The quantitative estimate of drug-likeness (QED) is 0.681. The SMILES string of the molecule is Cc1cc(C)c(C(C)(C)CC(=O)CC(C)(C)c2oc(C)cc2C)o1. The van der Waals surface area contributed by atoms with Crippen molar-refractivity contribution in [1.82, 2.24) is 0 Å². The van der Waals surface area contributed by atoms with Gasteiger partial charge in [-0.3, -0.25) is 4.79 Å². The Kier molecular flexibility index (Phi) is 4.85. The molecular weight excluding hydrogens is 300 g/mol. The molecule has 0 N–H and O–H groups in total. The van der Waals surface area contributed by atoms with Gasteiger partial charge in [0, 0.05) is 23.7 Å². The lowest BCUT2D eigenvalue weighted by atomic mass is 9.77. The predicted molar refractivity (Wildman–Crippen MR) is 96.7 cm³/mol. The first kappa shape index (κ1) is 18.6. The molecule has 0 fully saturated rings. The van der Waals surface area contributed by atoms with Gasteiger partial charge in [-0.2, -0.15) is 0 Å². The Morgan fingerprint density at radius 1 is 0.792 bits per heavy atom. The highest BCUT2D eigenvalue weighted by Crippen LogP contribution is 2.36. The Morgan fingerprint density at radius 3 is 1.38 bits per heavy atom. The van der Waals surface area contributed by atoms with Crippen molar-refractivity contribution < 1.29 is 13.6 Å². The third-order valence-electron chi connectivity index (χ3n) is 4.59. The van der Waals surface area contributed by atoms with E-state index in [4.69, 9.17) is 8.83 Å². The van der Waals surface area contributed by atoms with Crippen LogP contribution >= 0.6 is 0 Å². The van der Waals surface area contributed by atoms with Gasteiger partial charge in [0.15, 0.2) is 0 Å². The van der Waals surface area contributed by atoms with Crippen LogP contribution in [-0.4, -0.2) is 5.78 Å². The van der Waals surface area contributed by atoms with Gasteiger partial charge in [0.1, 0.15) is 28.8 Å². The second-order valence-corrected chi connectivity index (χ2v) is 8.40. The molecule has 0 spiro atoms. The molecule has 0 atom stereocenters. The highest BCUT2D eigenvalue weighted by Gasteiger charge is 2.34. The van der Waals surface area contributed by atoms with E-state index >= 15 is 0 Å². The maximum atomic E-state index is 12.8. The molecule has 2 rings (SSSR count). The second-order valence-electron chi connectivity index (χ2n) is 8.40. The molecule has 24 heavy (non-hydrogen) atoms. The van der Waals surface area contributed by atoms with E-state index in [1.807, 2.05) is 39.8 Å². The number of Topliss-reactive ketones (excluding diaryl/α,β-unsaturated/α-hetero) is 1. The molecule has 0 saturated carbocycles. The minimum Gasteiger partial charge on any atom is -0.466 e. The standard InChI is InChI=1S/C21H30O3/c1-13-9-15(3)23-18(13)20(5,6)11-17(22)12-21(7,8)19-14(2)10-16(4)24-19/h9-10H,11-12H2,1-8H3. The fourth-order valence-electron chi connectivity index (χ4n) is 3.84. The Morgan fingerprint density at radius 2 is 1.12 bits per heavy atom. The summed E-state index contributed by atoms with van der Waals surface area (Å²) in [6.07, 6.45) is 0.923. The number of ketones is 1. The normalized spacial score (nSPS) is 12.7. The molecule has 0 radical (unpaired) electrons. The van der Waals surface area contributed by atoms with E-state index in [9.17, 15) is 4.79 Å². The van der Waals surface area contributed by atoms with Crippen molar-refractivity contribution in [3.05, 3.63) is 46.3 Å². The summed E-state index contributed by atoms with van der Waals surface area (Å²) in [6.45, 7) is 16.3. The van der Waals surface area contributed by atoms with E-state index in [1.165, 1.54) is 0 Å². The monoisotopic (exact) mass is 330 g/mol. The molecule has 2 aromatic heterocycles. The average Bonchev–Trinajstić information content (AvgIpc) is 2.90. The van der Waals surface area contributed by atoms with E-state index in [2.05, 4.69) is 27.7 Å². The molecule has 0 aliphatic carbocycles. The summed E-state index contributed by atoms with van der Waals surface area (Å²) in [5.41, 5.74) is 1.61. The second kappa shape index (κ2) is 6.27. The zero-order valence-corrected chi connectivity index (χ0v) is 16.3. The Labute approximate surface area is 145 Å². The van der Waals surface area contributed by atoms with Gasteiger partial charge in [-0.1, -0.05) is 27.7 Å². The van der Waals surface area contributed by atoms with Crippen LogP contribution in [-0.2, 0) is 15.6 Å². The maximum absolute atomic E-state index is 12.8. The van der Waals surface area contributed by atoms with E-state index in [0.717, 1.165) is 34.2 Å².